The highest BCUT2D eigenvalue weighted by Crippen LogP contribution is 2.17. The first-order valence-corrected chi connectivity index (χ1v) is 8.50. The molecule has 25 heavy (non-hydrogen) atoms. The number of urea groups is 1. The van der Waals surface area contributed by atoms with Crippen LogP contribution in [0.3, 0.4) is 0 Å². The Morgan fingerprint density at radius 3 is 2.40 bits per heavy atom. The van der Waals surface area contributed by atoms with Crippen molar-refractivity contribution in [3.05, 3.63) is 35.4 Å². The van der Waals surface area contributed by atoms with Crippen LogP contribution in [0.15, 0.2) is 24.3 Å². The molecule has 1 saturated heterocycles. The summed E-state index contributed by atoms with van der Waals surface area (Å²) in [5.41, 5.74) is 2.08. The number of likely N-dealkylation sites (tertiary alicyclic amines) is 1. The summed E-state index contributed by atoms with van der Waals surface area (Å²) in [4.78, 5) is 24.8. The molecule has 1 aliphatic heterocycles. The van der Waals surface area contributed by atoms with E-state index >= 15 is 0 Å². The van der Waals surface area contributed by atoms with E-state index in [4.69, 9.17) is 14.6 Å². The average molecular weight is 350 g/mol. The van der Waals surface area contributed by atoms with Crippen LogP contribution >= 0.6 is 0 Å². The SMILES string of the molecule is COCCOCc1ccc(CNC(=O)N2CCC(C(=O)O)CC2)cc1. The molecule has 2 rings (SSSR count). The Hall–Kier alpha value is -2.12. The quantitative estimate of drug-likeness (QED) is 0.699. The van der Waals surface area contributed by atoms with Crippen molar-refractivity contribution in [1.82, 2.24) is 10.2 Å². The molecule has 7 heteroatoms. The summed E-state index contributed by atoms with van der Waals surface area (Å²) >= 11 is 0. The summed E-state index contributed by atoms with van der Waals surface area (Å²) < 4.78 is 10.4. The monoisotopic (exact) mass is 350 g/mol. The molecule has 2 amide bonds. The third kappa shape index (κ3) is 6.36. The van der Waals surface area contributed by atoms with E-state index < -0.39 is 5.97 Å². The van der Waals surface area contributed by atoms with Gasteiger partial charge in [-0.1, -0.05) is 24.3 Å². The smallest absolute Gasteiger partial charge is 0.317 e. The number of benzene rings is 1. The van der Waals surface area contributed by atoms with Crippen molar-refractivity contribution in [2.75, 3.05) is 33.4 Å². The van der Waals surface area contributed by atoms with Crippen LogP contribution in [0.4, 0.5) is 4.79 Å². The number of rotatable bonds is 8. The van der Waals surface area contributed by atoms with E-state index in [1.54, 1.807) is 12.0 Å². The van der Waals surface area contributed by atoms with Crippen LogP contribution < -0.4 is 5.32 Å². The van der Waals surface area contributed by atoms with Gasteiger partial charge in [0, 0.05) is 26.7 Å². The molecule has 2 N–H and O–H groups in total. The van der Waals surface area contributed by atoms with Gasteiger partial charge in [0.25, 0.3) is 0 Å². The maximum absolute atomic E-state index is 12.2. The van der Waals surface area contributed by atoms with E-state index in [0.717, 1.165) is 11.1 Å². The van der Waals surface area contributed by atoms with Crippen molar-refractivity contribution in [2.24, 2.45) is 5.92 Å². The third-order valence-corrected chi connectivity index (χ3v) is 4.30. The molecular weight excluding hydrogens is 324 g/mol. The summed E-state index contributed by atoms with van der Waals surface area (Å²) in [6, 6.07) is 7.74. The standard InChI is InChI=1S/C18H26N2O5/c1-24-10-11-25-13-15-4-2-14(3-5-15)12-19-18(23)20-8-6-16(7-9-20)17(21)22/h2-5,16H,6-13H2,1H3,(H,19,23)(H,21,22). The molecular formula is C18H26N2O5. The minimum Gasteiger partial charge on any atom is -0.481 e. The lowest BCUT2D eigenvalue weighted by Crippen LogP contribution is -2.45. The summed E-state index contributed by atoms with van der Waals surface area (Å²) in [6.07, 6.45) is 1.03. The van der Waals surface area contributed by atoms with Crippen LogP contribution in [-0.2, 0) is 27.4 Å². The lowest BCUT2D eigenvalue weighted by Gasteiger charge is -2.30. The number of carbonyl (C=O) groups is 2. The number of carboxylic acid groups (broad SMARTS) is 1. The van der Waals surface area contributed by atoms with Crippen molar-refractivity contribution in [3.8, 4) is 0 Å². The maximum atomic E-state index is 12.2. The number of nitrogens with zero attached hydrogens (tertiary/aromatic N) is 1. The van der Waals surface area contributed by atoms with E-state index in [9.17, 15) is 9.59 Å². The van der Waals surface area contributed by atoms with Gasteiger partial charge in [0.1, 0.15) is 0 Å². The Kier molecular flexibility index (Phi) is 7.69. The van der Waals surface area contributed by atoms with Crippen LogP contribution in [0.5, 0.6) is 0 Å². The number of nitrogens with one attached hydrogen (secondary N) is 1. The lowest BCUT2D eigenvalue weighted by molar-refractivity contribution is -0.143. The predicted molar refractivity (Wildman–Crippen MR) is 92.1 cm³/mol. The van der Waals surface area contributed by atoms with Gasteiger partial charge < -0.3 is 24.8 Å². The van der Waals surface area contributed by atoms with Crippen LogP contribution in [0, 0.1) is 5.92 Å². The van der Waals surface area contributed by atoms with E-state index in [1.807, 2.05) is 24.3 Å². The third-order valence-electron chi connectivity index (χ3n) is 4.30. The normalized spacial score (nSPS) is 15.2. The van der Waals surface area contributed by atoms with Crippen molar-refractivity contribution < 1.29 is 24.2 Å². The van der Waals surface area contributed by atoms with Gasteiger partial charge in [0.05, 0.1) is 25.7 Å². The zero-order valence-electron chi connectivity index (χ0n) is 14.6. The van der Waals surface area contributed by atoms with E-state index in [2.05, 4.69) is 5.32 Å². The molecule has 1 heterocycles. The molecule has 0 bridgehead atoms. The van der Waals surface area contributed by atoms with Gasteiger partial charge in [-0.15, -0.1) is 0 Å². The number of aliphatic carboxylic acids is 1. The predicted octanol–water partition coefficient (Wildman–Crippen LogP) is 1.86. The molecule has 0 unspecified atom stereocenters. The minimum absolute atomic E-state index is 0.143. The van der Waals surface area contributed by atoms with Crippen LogP contribution in [0.2, 0.25) is 0 Å². The molecule has 0 spiro atoms. The number of carbonyl (C=O) groups excluding carboxylic acids is 1. The number of ether oxygens (including phenoxy) is 2. The number of hydrogen-bond donors (Lipinski definition) is 2. The van der Waals surface area contributed by atoms with Crippen molar-refractivity contribution in [1.29, 1.82) is 0 Å². The van der Waals surface area contributed by atoms with Crippen molar-refractivity contribution >= 4 is 12.0 Å². The summed E-state index contributed by atoms with van der Waals surface area (Å²) in [5, 5.41) is 11.9. The molecule has 7 nitrogen and oxygen atoms in total. The van der Waals surface area contributed by atoms with Gasteiger partial charge >= 0.3 is 12.0 Å². The van der Waals surface area contributed by atoms with E-state index in [0.29, 0.717) is 52.3 Å². The van der Waals surface area contributed by atoms with Gasteiger partial charge in [-0.25, -0.2) is 4.79 Å². The van der Waals surface area contributed by atoms with Crippen LogP contribution in [-0.4, -0.2) is 55.4 Å². The molecule has 0 aromatic heterocycles. The maximum Gasteiger partial charge on any atom is 0.317 e. The largest absolute Gasteiger partial charge is 0.481 e. The Morgan fingerprint density at radius 1 is 1.16 bits per heavy atom. The number of carboxylic acids is 1. The molecule has 1 aromatic carbocycles. The number of hydrogen-bond acceptors (Lipinski definition) is 4. The number of amides is 2. The summed E-state index contributed by atoms with van der Waals surface area (Å²) in [7, 11) is 1.64. The number of methoxy groups -OCH3 is 1. The molecule has 1 aromatic rings. The molecule has 1 fully saturated rings. The van der Waals surface area contributed by atoms with E-state index in [-0.39, 0.29) is 11.9 Å². The fourth-order valence-corrected chi connectivity index (χ4v) is 2.70. The zero-order valence-corrected chi connectivity index (χ0v) is 14.6. The first-order chi connectivity index (χ1) is 12.1. The highest BCUT2D eigenvalue weighted by molar-refractivity contribution is 5.75. The second kappa shape index (κ2) is 10.0. The second-order valence-corrected chi connectivity index (χ2v) is 6.12. The summed E-state index contributed by atoms with van der Waals surface area (Å²) in [5.74, 6) is -1.10. The van der Waals surface area contributed by atoms with Crippen molar-refractivity contribution in [3.63, 3.8) is 0 Å². The second-order valence-electron chi connectivity index (χ2n) is 6.12. The van der Waals surface area contributed by atoms with Crippen molar-refractivity contribution in [2.45, 2.75) is 26.0 Å². The Labute approximate surface area is 147 Å². The Bertz CT molecular complexity index is 553. The summed E-state index contributed by atoms with van der Waals surface area (Å²) in [6.45, 7) is 3.10. The van der Waals surface area contributed by atoms with Crippen LogP contribution in [0.1, 0.15) is 24.0 Å². The zero-order chi connectivity index (χ0) is 18.1. The van der Waals surface area contributed by atoms with Crippen LogP contribution in [0.25, 0.3) is 0 Å². The number of piperidine rings is 1. The fraction of sp³-hybridized carbons (Fsp3) is 0.556. The van der Waals surface area contributed by atoms with E-state index in [1.165, 1.54) is 0 Å². The van der Waals surface area contributed by atoms with Gasteiger partial charge in [-0.3, -0.25) is 4.79 Å². The average Bonchev–Trinajstić information content (AvgIpc) is 2.64. The highest BCUT2D eigenvalue weighted by atomic mass is 16.5. The molecule has 138 valence electrons. The Morgan fingerprint density at radius 2 is 1.80 bits per heavy atom. The lowest BCUT2D eigenvalue weighted by atomic mass is 9.97. The topological polar surface area (TPSA) is 88.1 Å². The fourth-order valence-electron chi connectivity index (χ4n) is 2.70. The molecule has 0 saturated carbocycles. The van der Waals surface area contributed by atoms with Gasteiger partial charge in [-0.05, 0) is 24.0 Å². The Balaban J connectivity index is 1.70. The van der Waals surface area contributed by atoms with Gasteiger partial charge in [0.15, 0.2) is 0 Å². The molecule has 1 aliphatic rings. The molecule has 0 radical (unpaired) electrons. The minimum atomic E-state index is -0.772. The van der Waals surface area contributed by atoms with Gasteiger partial charge in [0.2, 0.25) is 0 Å². The first kappa shape index (κ1) is 19.2. The first-order valence-electron chi connectivity index (χ1n) is 8.50. The molecule has 0 aliphatic carbocycles. The molecule has 0 atom stereocenters. The highest BCUT2D eigenvalue weighted by Gasteiger charge is 2.26. The van der Waals surface area contributed by atoms with Gasteiger partial charge in [-0.2, -0.15) is 0 Å².